The SMILES string of the molecule is COc1cc(/C=C2/C(=O)N(C(C)c3ccccc3)C(=O)C(C#N)=C2C)ccc1OCc1ccccc1. The Morgan fingerprint density at radius 3 is 2.25 bits per heavy atom. The Labute approximate surface area is 210 Å². The van der Waals surface area contributed by atoms with E-state index < -0.39 is 17.9 Å². The zero-order chi connectivity index (χ0) is 25.7. The Morgan fingerprint density at radius 2 is 1.61 bits per heavy atom. The Kier molecular flexibility index (Phi) is 7.31. The van der Waals surface area contributed by atoms with Gasteiger partial charge in [0.05, 0.1) is 13.2 Å². The molecule has 1 aliphatic heterocycles. The van der Waals surface area contributed by atoms with E-state index in [4.69, 9.17) is 9.47 Å². The standard InChI is InChI=1S/C30H26N2O4/c1-20-25(29(33)32(30(34)26(20)18-31)21(2)24-12-8-5-9-13-24)16-23-14-15-27(28(17-23)35-3)36-19-22-10-6-4-7-11-22/h4-17,21H,19H2,1-3H3/b25-16+. The van der Waals surface area contributed by atoms with Crippen molar-refractivity contribution < 1.29 is 19.1 Å². The van der Waals surface area contributed by atoms with Crippen molar-refractivity contribution in [3.63, 3.8) is 0 Å². The molecule has 0 aliphatic carbocycles. The van der Waals surface area contributed by atoms with Crippen LogP contribution in [0.2, 0.25) is 0 Å². The summed E-state index contributed by atoms with van der Waals surface area (Å²) in [5, 5.41) is 9.71. The van der Waals surface area contributed by atoms with Crippen LogP contribution in [0.15, 0.2) is 95.6 Å². The molecule has 2 amide bonds. The highest BCUT2D eigenvalue weighted by Crippen LogP contribution is 2.34. The predicted molar refractivity (Wildman–Crippen MR) is 137 cm³/mol. The van der Waals surface area contributed by atoms with Gasteiger partial charge in [0.1, 0.15) is 18.2 Å². The Hall–Kier alpha value is -4.63. The number of carbonyl (C=O) groups excluding carboxylic acids is 2. The first kappa shape index (κ1) is 24.5. The molecule has 1 unspecified atom stereocenters. The molecule has 1 heterocycles. The fourth-order valence-electron chi connectivity index (χ4n) is 4.13. The number of imide groups is 1. The van der Waals surface area contributed by atoms with Gasteiger partial charge in [-0.1, -0.05) is 66.7 Å². The molecule has 0 spiro atoms. The molecule has 180 valence electrons. The molecule has 6 nitrogen and oxygen atoms in total. The summed E-state index contributed by atoms with van der Waals surface area (Å²) in [7, 11) is 1.55. The first-order valence-electron chi connectivity index (χ1n) is 11.5. The van der Waals surface area contributed by atoms with Crippen LogP contribution in [0.3, 0.4) is 0 Å². The van der Waals surface area contributed by atoms with Gasteiger partial charge in [-0.3, -0.25) is 14.5 Å². The van der Waals surface area contributed by atoms with Crippen LogP contribution in [-0.4, -0.2) is 23.8 Å². The zero-order valence-corrected chi connectivity index (χ0v) is 20.4. The van der Waals surface area contributed by atoms with Crippen LogP contribution in [0.25, 0.3) is 6.08 Å². The van der Waals surface area contributed by atoms with Crippen molar-refractivity contribution >= 4 is 17.9 Å². The lowest BCUT2D eigenvalue weighted by Crippen LogP contribution is -2.44. The number of nitriles is 1. The summed E-state index contributed by atoms with van der Waals surface area (Å²) in [6.45, 7) is 3.79. The minimum Gasteiger partial charge on any atom is -0.493 e. The van der Waals surface area contributed by atoms with E-state index in [-0.39, 0.29) is 11.1 Å². The Balaban J connectivity index is 1.67. The summed E-state index contributed by atoms with van der Waals surface area (Å²) >= 11 is 0. The van der Waals surface area contributed by atoms with Gasteiger partial charge in [-0.25, -0.2) is 0 Å². The minimum atomic E-state index is -0.587. The third-order valence-corrected chi connectivity index (χ3v) is 6.18. The van der Waals surface area contributed by atoms with Crippen LogP contribution < -0.4 is 9.47 Å². The Bertz CT molecular complexity index is 1390. The van der Waals surface area contributed by atoms with E-state index in [1.807, 2.05) is 72.8 Å². The van der Waals surface area contributed by atoms with Crippen LogP contribution in [0, 0.1) is 11.3 Å². The molecule has 3 aromatic carbocycles. The largest absolute Gasteiger partial charge is 0.493 e. The molecule has 0 N–H and O–H groups in total. The van der Waals surface area contributed by atoms with Gasteiger partial charge in [-0.2, -0.15) is 5.26 Å². The molecule has 0 saturated carbocycles. The second-order valence-corrected chi connectivity index (χ2v) is 8.42. The third-order valence-electron chi connectivity index (χ3n) is 6.18. The lowest BCUT2D eigenvalue weighted by atomic mass is 9.91. The molecule has 0 saturated heterocycles. The number of ether oxygens (including phenoxy) is 2. The van der Waals surface area contributed by atoms with Crippen LogP contribution in [-0.2, 0) is 16.2 Å². The van der Waals surface area contributed by atoms with Crippen molar-refractivity contribution in [1.29, 1.82) is 5.26 Å². The van der Waals surface area contributed by atoms with Gasteiger partial charge in [0.15, 0.2) is 11.5 Å². The summed E-state index contributed by atoms with van der Waals surface area (Å²) in [5.41, 5.74) is 3.11. The second-order valence-electron chi connectivity index (χ2n) is 8.42. The molecular weight excluding hydrogens is 452 g/mol. The van der Waals surface area contributed by atoms with Crippen LogP contribution in [0.1, 0.15) is 36.6 Å². The van der Waals surface area contributed by atoms with E-state index in [2.05, 4.69) is 0 Å². The second kappa shape index (κ2) is 10.7. The number of methoxy groups -OCH3 is 1. The van der Waals surface area contributed by atoms with Gasteiger partial charge >= 0.3 is 0 Å². The molecule has 1 atom stereocenters. The molecule has 6 heteroatoms. The molecule has 0 fully saturated rings. The highest BCUT2D eigenvalue weighted by molar-refractivity contribution is 6.20. The number of benzene rings is 3. The maximum Gasteiger partial charge on any atom is 0.272 e. The van der Waals surface area contributed by atoms with E-state index in [1.165, 1.54) is 0 Å². The molecule has 36 heavy (non-hydrogen) atoms. The van der Waals surface area contributed by atoms with Crippen LogP contribution in [0.5, 0.6) is 11.5 Å². The number of amides is 2. The van der Waals surface area contributed by atoms with Crippen LogP contribution >= 0.6 is 0 Å². The van der Waals surface area contributed by atoms with Gasteiger partial charge in [0.25, 0.3) is 11.8 Å². The van der Waals surface area contributed by atoms with E-state index >= 15 is 0 Å². The minimum absolute atomic E-state index is 0.0431. The maximum atomic E-state index is 13.5. The van der Waals surface area contributed by atoms with Crippen molar-refractivity contribution in [2.75, 3.05) is 7.11 Å². The van der Waals surface area contributed by atoms with E-state index in [1.54, 1.807) is 39.2 Å². The van der Waals surface area contributed by atoms with Gasteiger partial charge in [-0.05, 0) is 54.3 Å². The van der Waals surface area contributed by atoms with Crippen molar-refractivity contribution in [2.24, 2.45) is 0 Å². The van der Waals surface area contributed by atoms with Crippen molar-refractivity contribution in [2.45, 2.75) is 26.5 Å². The average molecular weight is 479 g/mol. The monoisotopic (exact) mass is 478 g/mol. The van der Waals surface area contributed by atoms with Crippen molar-refractivity contribution in [3.05, 3.63) is 112 Å². The Morgan fingerprint density at radius 1 is 0.944 bits per heavy atom. The lowest BCUT2D eigenvalue weighted by molar-refractivity contribution is -0.143. The quantitative estimate of drug-likeness (QED) is 0.325. The first-order valence-corrected chi connectivity index (χ1v) is 11.5. The third kappa shape index (κ3) is 4.91. The predicted octanol–water partition coefficient (Wildman–Crippen LogP) is 5.63. The summed E-state index contributed by atoms with van der Waals surface area (Å²) < 4.78 is 11.5. The number of nitrogens with zero attached hydrogens (tertiary/aromatic N) is 2. The highest BCUT2D eigenvalue weighted by Gasteiger charge is 2.38. The fourth-order valence-corrected chi connectivity index (χ4v) is 4.13. The fraction of sp³-hybridized carbons (Fsp3) is 0.167. The van der Waals surface area contributed by atoms with Gasteiger partial charge < -0.3 is 9.47 Å². The molecule has 3 aromatic rings. The van der Waals surface area contributed by atoms with E-state index in [0.717, 1.165) is 16.0 Å². The maximum absolute atomic E-state index is 13.5. The van der Waals surface area contributed by atoms with Gasteiger partial charge in [-0.15, -0.1) is 0 Å². The van der Waals surface area contributed by atoms with Crippen molar-refractivity contribution in [3.8, 4) is 17.6 Å². The average Bonchev–Trinajstić information content (AvgIpc) is 2.91. The normalized spacial score (nSPS) is 15.6. The molecule has 0 radical (unpaired) electrons. The molecule has 1 aliphatic rings. The number of hydrogen-bond acceptors (Lipinski definition) is 5. The number of rotatable bonds is 7. The van der Waals surface area contributed by atoms with Gasteiger partial charge in [0.2, 0.25) is 0 Å². The lowest BCUT2D eigenvalue weighted by Gasteiger charge is -2.32. The van der Waals surface area contributed by atoms with Crippen LogP contribution in [0.4, 0.5) is 0 Å². The zero-order valence-electron chi connectivity index (χ0n) is 20.4. The molecule has 4 rings (SSSR count). The molecular formula is C30H26N2O4. The van der Waals surface area contributed by atoms with Crippen molar-refractivity contribution in [1.82, 2.24) is 4.90 Å². The first-order chi connectivity index (χ1) is 17.4. The van der Waals surface area contributed by atoms with E-state index in [9.17, 15) is 14.9 Å². The van der Waals surface area contributed by atoms with Gasteiger partial charge in [0, 0.05) is 5.57 Å². The van der Waals surface area contributed by atoms with E-state index in [0.29, 0.717) is 29.2 Å². The number of carbonyl (C=O) groups is 2. The summed E-state index contributed by atoms with van der Waals surface area (Å²) in [6, 6.07) is 25.9. The summed E-state index contributed by atoms with van der Waals surface area (Å²) in [4.78, 5) is 27.8. The highest BCUT2D eigenvalue weighted by atomic mass is 16.5. The molecule has 0 bridgehead atoms. The topological polar surface area (TPSA) is 79.6 Å². The summed E-state index contributed by atoms with van der Waals surface area (Å²) in [6.07, 6.45) is 1.68. The molecule has 0 aromatic heterocycles. The number of hydrogen-bond donors (Lipinski definition) is 0. The smallest absolute Gasteiger partial charge is 0.272 e. The summed E-state index contributed by atoms with van der Waals surface area (Å²) in [5.74, 6) is 0.0428.